The molecule has 0 saturated heterocycles. The van der Waals surface area contributed by atoms with Crippen LogP contribution in [0, 0.1) is 22.9 Å². The highest BCUT2D eigenvalue weighted by molar-refractivity contribution is 7.89. The number of nitrogens with zero attached hydrogens (tertiary/aromatic N) is 4. The smallest absolute Gasteiger partial charge is 0.274 e. The fraction of sp³-hybridized carbons (Fsp3) is 0.360. The minimum absolute atomic E-state index is 0.00120. The predicted octanol–water partition coefficient (Wildman–Crippen LogP) is 4.58. The van der Waals surface area contributed by atoms with Crippen molar-refractivity contribution in [2.75, 3.05) is 13.6 Å². The minimum atomic E-state index is -4.24. The van der Waals surface area contributed by atoms with Gasteiger partial charge >= 0.3 is 0 Å². The average molecular weight is 548 g/mol. The first-order valence-corrected chi connectivity index (χ1v) is 13.5. The maximum absolute atomic E-state index is 13.6. The van der Waals surface area contributed by atoms with Crippen LogP contribution in [0.15, 0.2) is 47.4 Å². The Kier molecular flexibility index (Phi) is 8.84. The summed E-state index contributed by atoms with van der Waals surface area (Å²) in [6.45, 7) is 7.44. The number of non-ortho nitro benzene ring substituents is 1. The Morgan fingerprint density at radius 2 is 1.89 bits per heavy atom. The van der Waals surface area contributed by atoms with Gasteiger partial charge < -0.3 is 9.64 Å². The standard InChI is InChI=1S/C25H30FN5O6S/c1-6-14-29(5)24(32)23-17(4)25(30(27-23)19-10-8-18(26)9-11-19)37-21-13-12-20(31(33)34)15-22(21)38(35,36)28-16(3)7-2/h8-13,15-16,28H,6-7,14H2,1-5H3/t16-/m1/s1. The molecule has 0 spiro atoms. The third-order valence-electron chi connectivity index (χ3n) is 5.85. The second-order valence-electron chi connectivity index (χ2n) is 8.81. The zero-order valence-corrected chi connectivity index (χ0v) is 22.6. The van der Waals surface area contributed by atoms with Crippen LogP contribution in [0.1, 0.15) is 49.7 Å². The SMILES string of the molecule is CCCN(C)C(=O)c1nn(-c2ccc(F)cc2)c(Oc2ccc([N+](=O)[O-])cc2S(=O)(=O)N[C@H](C)CC)c1C. The van der Waals surface area contributed by atoms with Crippen molar-refractivity contribution in [1.82, 2.24) is 19.4 Å². The Balaban J connectivity index is 2.21. The highest BCUT2D eigenvalue weighted by Gasteiger charge is 2.29. The molecule has 0 aliphatic heterocycles. The van der Waals surface area contributed by atoms with Gasteiger partial charge in [-0.05, 0) is 57.0 Å². The summed E-state index contributed by atoms with van der Waals surface area (Å²) in [4.78, 5) is 24.9. The van der Waals surface area contributed by atoms with Gasteiger partial charge in [-0.3, -0.25) is 14.9 Å². The normalized spacial score (nSPS) is 12.3. The van der Waals surface area contributed by atoms with Gasteiger partial charge in [0.25, 0.3) is 11.6 Å². The Labute approximate surface area is 220 Å². The first-order valence-electron chi connectivity index (χ1n) is 12.0. The van der Waals surface area contributed by atoms with E-state index in [9.17, 15) is 27.7 Å². The summed E-state index contributed by atoms with van der Waals surface area (Å²) in [5.41, 5.74) is 0.275. The van der Waals surface area contributed by atoms with E-state index in [4.69, 9.17) is 4.74 Å². The molecule has 204 valence electrons. The summed E-state index contributed by atoms with van der Waals surface area (Å²) >= 11 is 0. The summed E-state index contributed by atoms with van der Waals surface area (Å²) in [6.07, 6.45) is 1.20. The van der Waals surface area contributed by atoms with Crippen molar-refractivity contribution in [3.8, 4) is 17.3 Å². The number of nitro benzene ring substituents is 1. The molecular formula is C25H30FN5O6S. The Hall–Kier alpha value is -3.84. The minimum Gasteiger partial charge on any atom is -0.437 e. The molecule has 3 rings (SSSR count). The molecule has 0 radical (unpaired) electrons. The van der Waals surface area contributed by atoms with Crippen molar-refractivity contribution in [3.05, 3.63) is 69.7 Å². The average Bonchev–Trinajstić information content (AvgIpc) is 3.19. The van der Waals surface area contributed by atoms with Gasteiger partial charge in [-0.1, -0.05) is 13.8 Å². The molecule has 1 amide bonds. The second-order valence-corrected chi connectivity index (χ2v) is 10.5. The lowest BCUT2D eigenvalue weighted by atomic mass is 10.2. The molecule has 1 N–H and O–H groups in total. The van der Waals surface area contributed by atoms with Crippen molar-refractivity contribution in [2.45, 2.75) is 51.5 Å². The van der Waals surface area contributed by atoms with E-state index in [2.05, 4.69) is 9.82 Å². The number of carbonyl (C=O) groups excluding carboxylic acids is 1. The molecule has 0 fully saturated rings. The van der Waals surface area contributed by atoms with Crippen LogP contribution in [-0.2, 0) is 10.0 Å². The molecule has 0 saturated carbocycles. The third kappa shape index (κ3) is 6.17. The molecule has 0 unspecified atom stereocenters. The molecule has 1 aromatic heterocycles. The van der Waals surface area contributed by atoms with Gasteiger partial charge in [0.05, 0.1) is 10.6 Å². The lowest BCUT2D eigenvalue weighted by molar-refractivity contribution is -0.385. The first kappa shape index (κ1) is 28.7. The highest BCUT2D eigenvalue weighted by atomic mass is 32.2. The van der Waals surface area contributed by atoms with Gasteiger partial charge in [0.2, 0.25) is 15.9 Å². The zero-order chi connectivity index (χ0) is 28.2. The summed E-state index contributed by atoms with van der Waals surface area (Å²) < 4.78 is 49.8. The number of nitrogens with one attached hydrogen (secondary N) is 1. The van der Waals surface area contributed by atoms with Crippen LogP contribution in [-0.4, -0.2) is 53.6 Å². The van der Waals surface area contributed by atoms with Crippen LogP contribution in [0.2, 0.25) is 0 Å². The molecule has 13 heteroatoms. The summed E-state index contributed by atoms with van der Waals surface area (Å²) in [7, 11) is -2.61. The molecule has 11 nitrogen and oxygen atoms in total. The van der Waals surface area contributed by atoms with Gasteiger partial charge in [0, 0.05) is 37.3 Å². The van der Waals surface area contributed by atoms with Crippen LogP contribution in [0.3, 0.4) is 0 Å². The van der Waals surface area contributed by atoms with Gasteiger partial charge in [-0.2, -0.15) is 9.78 Å². The largest absolute Gasteiger partial charge is 0.437 e. The molecule has 1 heterocycles. The maximum Gasteiger partial charge on any atom is 0.274 e. The number of rotatable bonds is 11. The van der Waals surface area contributed by atoms with Crippen molar-refractivity contribution in [3.63, 3.8) is 0 Å². The van der Waals surface area contributed by atoms with E-state index in [0.717, 1.165) is 18.6 Å². The van der Waals surface area contributed by atoms with Crippen LogP contribution in [0.5, 0.6) is 11.6 Å². The Morgan fingerprint density at radius 1 is 1.24 bits per heavy atom. The van der Waals surface area contributed by atoms with E-state index < -0.39 is 37.4 Å². The van der Waals surface area contributed by atoms with E-state index in [1.807, 2.05) is 6.92 Å². The van der Waals surface area contributed by atoms with E-state index in [1.165, 1.54) is 39.9 Å². The maximum atomic E-state index is 13.6. The Bertz CT molecular complexity index is 1440. The van der Waals surface area contributed by atoms with E-state index in [1.54, 1.807) is 27.8 Å². The van der Waals surface area contributed by atoms with Crippen LogP contribution in [0.25, 0.3) is 5.69 Å². The number of amides is 1. The highest BCUT2D eigenvalue weighted by Crippen LogP contribution is 2.36. The fourth-order valence-electron chi connectivity index (χ4n) is 3.60. The third-order valence-corrected chi connectivity index (χ3v) is 7.46. The number of hydrogen-bond acceptors (Lipinski definition) is 7. The number of sulfonamides is 1. The molecule has 38 heavy (non-hydrogen) atoms. The molecule has 0 bridgehead atoms. The van der Waals surface area contributed by atoms with Gasteiger partial charge in [0.15, 0.2) is 5.69 Å². The number of aromatic nitrogens is 2. The van der Waals surface area contributed by atoms with E-state index >= 15 is 0 Å². The van der Waals surface area contributed by atoms with Gasteiger partial charge in [0.1, 0.15) is 16.5 Å². The molecule has 1 atom stereocenters. The number of hydrogen-bond donors (Lipinski definition) is 1. The number of carbonyl (C=O) groups is 1. The summed E-state index contributed by atoms with van der Waals surface area (Å²) in [5, 5.41) is 15.8. The quantitative estimate of drug-likeness (QED) is 0.274. The van der Waals surface area contributed by atoms with Crippen molar-refractivity contribution in [1.29, 1.82) is 0 Å². The fourth-order valence-corrected chi connectivity index (χ4v) is 5.07. The first-order chi connectivity index (χ1) is 17.9. The van der Waals surface area contributed by atoms with Gasteiger partial charge in [-0.25, -0.2) is 17.5 Å². The summed E-state index contributed by atoms with van der Waals surface area (Å²) in [5.74, 6) is -1.08. The summed E-state index contributed by atoms with van der Waals surface area (Å²) in [6, 6.07) is 8.03. The molecular weight excluding hydrogens is 517 g/mol. The number of ether oxygens (including phenoxy) is 1. The topological polar surface area (TPSA) is 137 Å². The van der Waals surface area contributed by atoms with E-state index in [-0.39, 0.29) is 23.2 Å². The van der Waals surface area contributed by atoms with E-state index in [0.29, 0.717) is 24.2 Å². The number of benzene rings is 2. The second kappa shape index (κ2) is 11.7. The van der Waals surface area contributed by atoms with Crippen LogP contribution in [0.4, 0.5) is 10.1 Å². The van der Waals surface area contributed by atoms with Crippen LogP contribution >= 0.6 is 0 Å². The van der Waals surface area contributed by atoms with Crippen molar-refractivity contribution in [2.24, 2.45) is 0 Å². The van der Waals surface area contributed by atoms with Gasteiger partial charge in [-0.15, -0.1) is 0 Å². The molecule has 3 aromatic rings. The van der Waals surface area contributed by atoms with Crippen molar-refractivity contribution < 1.29 is 27.3 Å². The van der Waals surface area contributed by atoms with Crippen molar-refractivity contribution >= 4 is 21.6 Å². The van der Waals surface area contributed by atoms with Crippen LogP contribution < -0.4 is 9.46 Å². The Morgan fingerprint density at radius 3 is 2.47 bits per heavy atom. The lowest BCUT2D eigenvalue weighted by Crippen LogP contribution is -2.32. The number of halogens is 1. The lowest BCUT2D eigenvalue weighted by Gasteiger charge is -2.16. The zero-order valence-electron chi connectivity index (χ0n) is 21.8. The predicted molar refractivity (Wildman–Crippen MR) is 139 cm³/mol. The molecule has 0 aliphatic rings. The molecule has 0 aliphatic carbocycles. The molecule has 2 aromatic carbocycles. The monoisotopic (exact) mass is 547 g/mol. The number of nitro groups is 1.